The molecule has 5 rings (SSSR count). The van der Waals surface area contributed by atoms with Crippen molar-refractivity contribution in [3.63, 3.8) is 0 Å². The number of hydrogen-bond donors (Lipinski definition) is 2. The first-order valence-electron chi connectivity index (χ1n) is 9.93. The molecule has 164 valence electrons. The third kappa shape index (κ3) is 3.48. The number of aliphatic hydroxyl groups excluding tert-OH is 1. The highest BCUT2D eigenvalue weighted by atomic mass is 32.1. The Kier molecular flexibility index (Phi) is 5.02. The van der Waals surface area contributed by atoms with E-state index < -0.39 is 17.7 Å². The molecule has 8 nitrogen and oxygen atoms in total. The molecule has 0 saturated carbocycles. The van der Waals surface area contributed by atoms with Gasteiger partial charge in [-0.2, -0.15) is 0 Å². The van der Waals surface area contributed by atoms with Crippen LogP contribution in [0.4, 0.5) is 5.13 Å². The van der Waals surface area contributed by atoms with Crippen LogP contribution >= 0.6 is 11.3 Å². The summed E-state index contributed by atoms with van der Waals surface area (Å²) in [6, 6.07) is 13.7. The molecular formula is C24H17N3O5S. The van der Waals surface area contributed by atoms with Gasteiger partial charge < -0.3 is 14.9 Å². The number of pyridine rings is 1. The van der Waals surface area contributed by atoms with E-state index in [4.69, 9.17) is 4.74 Å². The first-order valence-corrected chi connectivity index (χ1v) is 10.7. The number of aromatic nitrogens is 2. The highest BCUT2D eigenvalue weighted by Gasteiger charge is 2.48. The number of Topliss-reactive ketones (excluding diaryl/α,β-unsaturated/α-hetero) is 1. The minimum Gasteiger partial charge on any atom is -0.508 e. The van der Waals surface area contributed by atoms with Gasteiger partial charge in [0.2, 0.25) is 0 Å². The Hall–Kier alpha value is -4.24. The van der Waals surface area contributed by atoms with Gasteiger partial charge in [0.05, 0.1) is 28.9 Å². The van der Waals surface area contributed by atoms with Crippen molar-refractivity contribution in [1.29, 1.82) is 0 Å². The number of methoxy groups -OCH3 is 1. The second-order valence-corrected chi connectivity index (χ2v) is 8.34. The van der Waals surface area contributed by atoms with Gasteiger partial charge in [-0.15, -0.1) is 0 Å². The lowest BCUT2D eigenvalue weighted by Gasteiger charge is -2.23. The standard InChI is InChI=1S/C24H17N3O5S/c1-32-16-5-6-17-18(12-16)33-24(26-17)27-20(14-3-2-4-15(28)11-14)19(22(30)23(27)31)21(29)13-7-9-25-10-8-13/h2-12,20,28-29H,1H3. The van der Waals surface area contributed by atoms with E-state index in [-0.39, 0.29) is 17.1 Å². The Balaban J connectivity index is 1.73. The third-order valence-corrected chi connectivity index (χ3v) is 6.39. The van der Waals surface area contributed by atoms with Crippen LogP contribution in [0.25, 0.3) is 16.0 Å². The lowest BCUT2D eigenvalue weighted by atomic mass is 9.95. The van der Waals surface area contributed by atoms with E-state index in [0.29, 0.717) is 27.5 Å². The van der Waals surface area contributed by atoms with E-state index in [9.17, 15) is 19.8 Å². The Morgan fingerprint density at radius 2 is 1.88 bits per heavy atom. The number of rotatable bonds is 4. The van der Waals surface area contributed by atoms with E-state index in [1.54, 1.807) is 49.6 Å². The molecule has 0 aliphatic carbocycles. The highest BCUT2D eigenvalue weighted by molar-refractivity contribution is 7.22. The van der Waals surface area contributed by atoms with E-state index in [2.05, 4.69) is 9.97 Å². The Morgan fingerprint density at radius 3 is 2.61 bits per heavy atom. The highest BCUT2D eigenvalue weighted by Crippen LogP contribution is 2.45. The molecule has 3 heterocycles. The number of benzene rings is 2. The van der Waals surface area contributed by atoms with Crippen molar-refractivity contribution in [2.24, 2.45) is 0 Å². The molecule has 9 heteroatoms. The van der Waals surface area contributed by atoms with Crippen molar-refractivity contribution < 1.29 is 24.5 Å². The summed E-state index contributed by atoms with van der Waals surface area (Å²) >= 11 is 1.23. The Labute approximate surface area is 192 Å². The summed E-state index contributed by atoms with van der Waals surface area (Å²) in [5.41, 5.74) is 1.36. The maximum absolute atomic E-state index is 13.2. The lowest BCUT2D eigenvalue weighted by Crippen LogP contribution is -2.29. The molecule has 33 heavy (non-hydrogen) atoms. The number of fused-ring (bicyclic) bond motifs is 1. The molecule has 0 bridgehead atoms. The molecule has 1 amide bonds. The van der Waals surface area contributed by atoms with Crippen LogP contribution in [-0.4, -0.2) is 39.0 Å². The predicted molar refractivity (Wildman–Crippen MR) is 123 cm³/mol. The lowest BCUT2D eigenvalue weighted by molar-refractivity contribution is -0.132. The van der Waals surface area contributed by atoms with Gasteiger partial charge in [-0.05, 0) is 48.0 Å². The zero-order valence-electron chi connectivity index (χ0n) is 17.3. The predicted octanol–water partition coefficient (Wildman–Crippen LogP) is 4.03. The molecule has 2 aromatic carbocycles. The molecule has 1 aliphatic rings. The summed E-state index contributed by atoms with van der Waals surface area (Å²) in [4.78, 5) is 36.1. The zero-order valence-corrected chi connectivity index (χ0v) is 18.1. The van der Waals surface area contributed by atoms with Gasteiger partial charge in [-0.1, -0.05) is 23.5 Å². The maximum atomic E-state index is 13.2. The van der Waals surface area contributed by atoms with Crippen LogP contribution in [0.5, 0.6) is 11.5 Å². The average Bonchev–Trinajstić information content (AvgIpc) is 3.37. The van der Waals surface area contributed by atoms with Crippen molar-refractivity contribution in [2.75, 3.05) is 12.0 Å². The molecular weight excluding hydrogens is 442 g/mol. The number of thiazole rings is 1. The molecule has 4 aromatic rings. The molecule has 1 saturated heterocycles. The van der Waals surface area contributed by atoms with Crippen LogP contribution in [-0.2, 0) is 9.59 Å². The van der Waals surface area contributed by atoms with Gasteiger partial charge in [0.15, 0.2) is 5.13 Å². The van der Waals surface area contributed by atoms with Gasteiger partial charge in [0.25, 0.3) is 5.78 Å². The fourth-order valence-electron chi connectivity index (χ4n) is 3.83. The normalized spacial score (nSPS) is 17.6. The molecule has 1 unspecified atom stereocenters. The average molecular weight is 459 g/mol. The first-order chi connectivity index (χ1) is 16.0. The van der Waals surface area contributed by atoms with Crippen LogP contribution in [0.2, 0.25) is 0 Å². The van der Waals surface area contributed by atoms with Crippen molar-refractivity contribution in [3.8, 4) is 11.5 Å². The van der Waals surface area contributed by atoms with E-state index >= 15 is 0 Å². The molecule has 1 atom stereocenters. The molecule has 1 fully saturated rings. The summed E-state index contributed by atoms with van der Waals surface area (Å²) in [6.07, 6.45) is 2.96. The number of aliphatic hydroxyl groups is 1. The van der Waals surface area contributed by atoms with E-state index in [0.717, 1.165) is 4.70 Å². The van der Waals surface area contributed by atoms with Crippen LogP contribution in [0.15, 0.2) is 72.6 Å². The minimum absolute atomic E-state index is 0.0314. The van der Waals surface area contributed by atoms with Crippen molar-refractivity contribution in [1.82, 2.24) is 9.97 Å². The molecule has 2 aromatic heterocycles. The third-order valence-electron chi connectivity index (χ3n) is 5.37. The van der Waals surface area contributed by atoms with Gasteiger partial charge in [-0.3, -0.25) is 19.5 Å². The number of ether oxygens (including phenoxy) is 1. The second-order valence-electron chi connectivity index (χ2n) is 7.33. The number of carbonyl (C=O) groups excluding carboxylic acids is 2. The van der Waals surface area contributed by atoms with Gasteiger partial charge >= 0.3 is 5.91 Å². The van der Waals surface area contributed by atoms with Gasteiger partial charge in [0.1, 0.15) is 17.3 Å². The fraction of sp³-hybridized carbons (Fsp3) is 0.0833. The van der Waals surface area contributed by atoms with Crippen LogP contribution in [0.1, 0.15) is 17.2 Å². The minimum atomic E-state index is -0.979. The number of hydrogen-bond acceptors (Lipinski definition) is 8. The number of phenols is 1. The smallest absolute Gasteiger partial charge is 0.301 e. The summed E-state index contributed by atoms with van der Waals surface area (Å²) in [5, 5.41) is 21.4. The fourth-order valence-corrected chi connectivity index (χ4v) is 4.85. The number of nitrogens with zero attached hydrogens (tertiary/aromatic N) is 3. The number of amides is 1. The molecule has 0 spiro atoms. The first kappa shape index (κ1) is 20.7. The summed E-state index contributed by atoms with van der Waals surface area (Å²) < 4.78 is 6.04. The quantitative estimate of drug-likeness (QED) is 0.269. The number of ketones is 1. The largest absolute Gasteiger partial charge is 0.508 e. The number of anilines is 1. The van der Waals surface area contributed by atoms with Crippen LogP contribution < -0.4 is 9.64 Å². The summed E-state index contributed by atoms with van der Waals surface area (Å²) in [7, 11) is 1.56. The summed E-state index contributed by atoms with van der Waals surface area (Å²) in [5.74, 6) is -1.37. The molecule has 1 aliphatic heterocycles. The number of phenolic OH excluding ortho intramolecular Hbond substituents is 1. The van der Waals surface area contributed by atoms with E-state index in [1.807, 2.05) is 0 Å². The van der Waals surface area contributed by atoms with Crippen molar-refractivity contribution in [2.45, 2.75) is 6.04 Å². The summed E-state index contributed by atoms with van der Waals surface area (Å²) in [6.45, 7) is 0. The number of carbonyl (C=O) groups is 2. The van der Waals surface area contributed by atoms with Crippen LogP contribution in [0, 0.1) is 0 Å². The van der Waals surface area contributed by atoms with Crippen molar-refractivity contribution in [3.05, 3.63) is 83.7 Å². The zero-order chi connectivity index (χ0) is 23.1. The van der Waals surface area contributed by atoms with Crippen molar-refractivity contribution >= 4 is 44.1 Å². The Bertz CT molecular complexity index is 1430. The monoisotopic (exact) mass is 459 g/mol. The molecule has 2 N–H and O–H groups in total. The second kappa shape index (κ2) is 8.03. The molecule has 0 radical (unpaired) electrons. The van der Waals surface area contributed by atoms with E-state index in [1.165, 1.54) is 40.8 Å². The Morgan fingerprint density at radius 1 is 1.09 bits per heavy atom. The maximum Gasteiger partial charge on any atom is 0.301 e. The number of aromatic hydroxyl groups is 1. The SMILES string of the molecule is COc1ccc2nc(N3C(=O)C(=O)C(=C(O)c4ccncc4)C3c3cccc(O)c3)sc2c1. The van der Waals surface area contributed by atoms with Crippen LogP contribution in [0.3, 0.4) is 0 Å². The van der Waals surface area contributed by atoms with Gasteiger partial charge in [-0.25, -0.2) is 4.98 Å². The van der Waals surface area contributed by atoms with Gasteiger partial charge in [0, 0.05) is 18.0 Å². The topological polar surface area (TPSA) is 113 Å².